The summed E-state index contributed by atoms with van der Waals surface area (Å²) in [6, 6.07) is 3.50. The number of aliphatic carboxylic acids is 1. The van der Waals surface area contributed by atoms with Crippen LogP contribution in [0.3, 0.4) is 0 Å². The smallest absolute Gasteiger partial charge is 0.306 e. The van der Waals surface area contributed by atoms with Crippen LogP contribution in [-0.2, 0) is 39.9 Å². The second-order valence-electron chi connectivity index (χ2n) is 14.9. The number of thiol groups is 1. The first-order valence-electron chi connectivity index (χ1n) is 18.9. The number of carbonyl (C=O) groups excluding carboxylic acids is 6. The first-order chi connectivity index (χ1) is 26.3. The van der Waals surface area contributed by atoms with Gasteiger partial charge in [-0.25, -0.2) is 4.98 Å². The molecule has 1 aromatic carbocycles. The monoisotopic (exact) mass is 817 g/mol. The molecule has 4 N–H and O–H groups in total. The van der Waals surface area contributed by atoms with E-state index in [1.807, 2.05) is 27.7 Å². The van der Waals surface area contributed by atoms with Crippen LogP contribution < -0.4 is 10.6 Å². The molecule has 0 spiro atoms. The van der Waals surface area contributed by atoms with E-state index in [0.29, 0.717) is 17.0 Å². The number of carboxylic acid groups (broad SMARTS) is 1. The number of benzene rings is 1. The van der Waals surface area contributed by atoms with Crippen LogP contribution in [0.25, 0.3) is 0 Å². The van der Waals surface area contributed by atoms with Gasteiger partial charge in [-0.2, -0.15) is 12.6 Å². The Morgan fingerprint density at radius 3 is 2.41 bits per heavy atom. The van der Waals surface area contributed by atoms with Crippen molar-refractivity contribution in [3.63, 3.8) is 0 Å². The van der Waals surface area contributed by atoms with Crippen molar-refractivity contribution in [2.75, 3.05) is 18.9 Å². The van der Waals surface area contributed by atoms with Crippen LogP contribution in [0.15, 0.2) is 23.6 Å². The highest BCUT2D eigenvalue weighted by Crippen LogP contribution is 2.31. The number of thiazole rings is 1. The van der Waals surface area contributed by atoms with E-state index in [1.54, 1.807) is 18.0 Å². The summed E-state index contributed by atoms with van der Waals surface area (Å²) in [4.78, 5) is 94.9. The average Bonchev–Trinajstić information content (AvgIpc) is 3.71. The molecule has 4 unspecified atom stereocenters. The van der Waals surface area contributed by atoms with Crippen molar-refractivity contribution in [1.29, 1.82) is 0 Å². The number of nitrogens with zero attached hydrogens (tertiary/aromatic N) is 3. The van der Waals surface area contributed by atoms with Gasteiger partial charge in [0.1, 0.15) is 16.5 Å². The molecule has 6 atom stereocenters. The topological polar surface area (TPSA) is 213 Å². The normalized spacial score (nSPS) is 16.9. The second-order valence-corrected chi connectivity index (χ2v) is 16.4. The highest BCUT2D eigenvalue weighted by molar-refractivity contribution is 7.81. The van der Waals surface area contributed by atoms with Gasteiger partial charge in [-0.05, 0) is 48.8 Å². The summed E-state index contributed by atoms with van der Waals surface area (Å²) in [6.45, 7) is 10.9. The Bertz CT molecular complexity index is 1750. The summed E-state index contributed by atoms with van der Waals surface area (Å²) in [5, 5.41) is 26.9. The van der Waals surface area contributed by atoms with Gasteiger partial charge in [-0.3, -0.25) is 38.5 Å². The van der Waals surface area contributed by atoms with Crippen LogP contribution in [0, 0.1) is 17.8 Å². The van der Waals surface area contributed by atoms with Crippen molar-refractivity contribution in [3.8, 4) is 5.75 Å². The number of ether oxygens (including phenoxy) is 1. The van der Waals surface area contributed by atoms with Crippen molar-refractivity contribution < 1.29 is 48.5 Å². The Morgan fingerprint density at radius 1 is 1.12 bits per heavy atom. The van der Waals surface area contributed by atoms with Gasteiger partial charge in [0.05, 0.1) is 16.9 Å². The molecule has 0 aliphatic carbocycles. The molecule has 1 aromatic heterocycles. The van der Waals surface area contributed by atoms with Crippen LogP contribution in [0.4, 0.5) is 5.69 Å². The number of carboxylic acids is 1. The Morgan fingerprint density at radius 2 is 1.82 bits per heavy atom. The number of carbonyl (C=O) groups is 7. The van der Waals surface area contributed by atoms with Gasteiger partial charge >= 0.3 is 11.9 Å². The first-order valence-corrected chi connectivity index (χ1v) is 20.3. The molecule has 2 aromatic rings. The Balaban J connectivity index is 1.75. The molecular formula is C39H55N5O10S2. The number of likely N-dealkylation sites (tertiary alicyclic amines) is 1. The lowest BCUT2D eigenvalue weighted by atomic mass is 9.95. The van der Waals surface area contributed by atoms with E-state index in [2.05, 4.69) is 28.2 Å². The molecular weight excluding hydrogens is 763 g/mol. The lowest BCUT2D eigenvalue weighted by Gasteiger charge is -2.34. The highest BCUT2D eigenvalue weighted by atomic mass is 32.1. The van der Waals surface area contributed by atoms with Crippen molar-refractivity contribution in [2.24, 2.45) is 17.8 Å². The van der Waals surface area contributed by atoms with Crippen molar-refractivity contribution in [3.05, 3.63) is 39.8 Å². The number of nitrogens with one attached hydrogen (secondary N) is 2. The van der Waals surface area contributed by atoms with Gasteiger partial charge in [0.2, 0.25) is 23.6 Å². The molecule has 1 saturated heterocycles. The molecule has 5 amide bonds. The summed E-state index contributed by atoms with van der Waals surface area (Å²) < 4.78 is 5.68. The maximum atomic E-state index is 13.6. The third kappa shape index (κ3) is 13.3. The minimum atomic E-state index is -1.06. The zero-order valence-electron chi connectivity index (χ0n) is 33.1. The number of imide groups is 1. The van der Waals surface area contributed by atoms with Crippen molar-refractivity contribution >= 4 is 71.1 Å². The third-order valence-corrected chi connectivity index (χ3v) is 11.2. The molecule has 17 heteroatoms. The quantitative estimate of drug-likeness (QED) is 0.0490. The largest absolute Gasteiger partial charge is 0.506 e. The van der Waals surface area contributed by atoms with Crippen LogP contribution in [-0.4, -0.2) is 97.4 Å². The Labute approximate surface area is 337 Å². The number of esters is 1. The molecule has 308 valence electrons. The minimum Gasteiger partial charge on any atom is -0.506 e. The number of amides is 5. The number of aromatic nitrogens is 1. The number of hydrogen-bond acceptors (Lipinski definition) is 12. The maximum absolute atomic E-state index is 13.6. The van der Waals surface area contributed by atoms with Crippen molar-refractivity contribution in [1.82, 2.24) is 20.1 Å². The molecule has 3 rings (SSSR count). The summed E-state index contributed by atoms with van der Waals surface area (Å²) in [7, 11) is 1.74. The molecule has 0 bridgehead atoms. The SMILES string of the molecule is CCC(C)CC(=O)N(C)C(C[C@@H](OC(C)=O)c1nc(C(=O)N[C@@H](Cc2ccc(O)c(NC(=O)CCCN3C(=O)CC(S)C3=O)c2)CC(C)C(=O)O)cs1)C(C)C. The summed E-state index contributed by atoms with van der Waals surface area (Å²) in [5.74, 6) is -4.20. The fraction of sp³-hybridized carbons (Fsp3) is 0.590. The van der Waals surface area contributed by atoms with E-state index >= 15 is 0 Å². The lowest BCUT2D eigenvalue weighted by Crippen LogP contribution is -2.42. The Kier molecular flexibility index (Phi) is 17.3. The number of rotatable bonds is 21. The number of hydrogen-bond donors (Lipinski definition) is 5. The molecule has 2 heterocycles. The predicted octanol–water partition coefficient (Wildman–Crippen LogP) is 4.99. The molecule has 56 heavy (non-hydrogen) atoms. The molecule has 1 fully saturated rings. The van der Waals surface area contributed by atoms with E-state index in [4.69, 9.17) is 4.74 Å². The average molecular weight is 818 g/mol. The fourth-order valence-electron chi connectivity index (χ4n) is 6.39. The Hall–Kier alpha value is -4.51. The van der Waals surface area contributed by atoms with Gasteiger partial charge in [0.25, 0.3) is 5.91 Å². The van der Waals surface area contributed by atoms with Crippen molar-refractivity contribution in [2.45, 2.75) is 116 Å². The number of phenolic OH excluding ortho intramolecular Hbond substituents is 1. The van der Waals surface area contributed by atoms with E-state index in [1.165, 1.54) is 31.4 Å². The number of anilines is 1. The van der Waals surface area contributed by atoms with Gasteiger partial charge in [0, 0.05) is 63.7 Å². The minimum absolute atomic E-state index is 0.0126. The summed E-state index contributed by atoms with van der Waals surface area (Å²) in [6.07, 6.45) is 1.06. The van der Waals surface area contributed by atoms with E-state index in [-0.39, 0.29) is 91.9 Å². The lowest BCUT2D eigenvalue weighted by molar-refractivity contribution is -0.148. The fourth-order valence-corrected chi connectivity index (χ4v) is 7.53. The maximum Gasteiger partial charge on any atom is 0.306 e. The van der Waals surface area contributed by atoms with E-state index in [0.717, 1.165) is 22.7 Å². The molecule has 1 aliphatic rings. The number of phenols is 1. The molecule has 1 aliphatic heterocycles. The molecule has 0 radical (unpaired) electrons. The van der Waals surface area contributed by atoms with Crippen LogP contribution >= 0.6 is 24.0 Å². The van der Waals surface area contributed by atoms with Gasteiger partial charge in [-0.1, -0.05) is 47.1 Å². The third-order valence-electron chi connectivity index (χ3n) is 9.89. The molecule has 15 nitrogen and oxygen atoms in total. The summed E-state index contributed by atoms with van der Waals surface area (Å²) >= 11 is 5.23. The van der Waals surface area contributed by atoms with Gasteiger partial charge in [0.15, 0.2) is 6.10 Å². The first kappa shape index (κ1) is 45.9. The second kappa shape index (κ2) is 21.1. The van der Waals surface area contributed by atoms with Gasteiger partial charge in [-0.15, -0.1) is 11.3 Å². The molecule has 0 saturated carbocycles. The standard InChI is InChI=1S/C39H55N5O10S2/c1-8-22(4)14-34(48)43(7)29(21(2)3)18-31(54-24(6)45)37-42-28(20-56-37)36(50)40-26(15-23(5)39(52)53)16-25-11-12-30(46)27(17-25)41-33(47)10-9-13-44-35(49)19-32(55)38(44)51/h11-12,17,20-23,26,29,31-32,46,55H,8-10,13-16,18-19H2,1-7H3,(H,40,50)(H,41,47)(H,52,53)/t22?,23?,26-,29?,31-,32?/m1/s1. The zero-order valence-corrected chi connectivity index (χ0v) is 34.8. The predicted molar refractivity (Wildman–Crippen MR) is 213 cm³/mol. The van der Waals surface area contributed by atoms with Crippen LogP contribution in [0.2, 0.25) is 0 Å². The zero-order chi connectivity index (χ0) is 41.9. The van der Waals surface area contributed by atoms with Crippen LogP contribution in [0.5, 0.6) is 5.75 Å². The van der Waals surface area contributed by atoms with E-state index < -0.39 is 53.0 Å². The summed E-state index contributed by atoms with van der Waals surface area (Å²) in [5.41, 5.74) is 0.716. The van der Waals surface area contributed by atoms with Crippen LogP contribution in [0.1, 0.15) is 114 Å². The van der Waals surface area contributed by atoms with Gasteiger partial charge < -0.3 is 30.5 Å². The number of aromatic hydroxyl groups is 1. The van der Waals surface area contributed by atoms with E-state index in [9.17, 15) is 43.8 Å². The highest BCUT2D eigenvalue weighted by Gasteiger charge is 2.36.